The quantitative estimate of drug-likeness (QED) is 0.627. The van der Waals surface area contributed by atoms with E-state index in [-0.39, 0.29) is 17.0 Å². The van der Waals surface area contributed by atoms with E-state index in [9.17, 15) is 4.79 Å². The van der Waals surface area contributed by atoms with Crippen LogP contribution in [0.4, 0.5) is 0 Å². The van der Waals surface area contributed by atoms with Crippen molar-refractivity contribution in [2.75, 3.05) is 7.05 Å². The Hall–Kier alpha value is -0.700. The zero-order chi connectivity index (χ0) is 16.4. The normalized spacial score (nSPS) is 22.6. The number of hydrogen-bond acceptors (Lipinski definition) is 4. The molecule has 0 radical (unpaired) electrons. The van der Waals surface area contributed by atoms with Crippen molar-refractivity contribution in [2.24, 2.45) is 0 Å². The summed E-state index contributed by atoms with van der Waals surface area (Å²) in [6.07, 6.45) is 2.04. The summed E-state index contributed by atoms with van der Waals surface area (Å²) >= 11 is 0. The molecule has 0 atom stereocenters. The highest BCUT2D eigenvalue weighted by atomic mass is 32.3. The second-order valence-electron chi connectivity index (χ2n) is 6.44. The van der Waals surface area contributed by atoms with Crippen molar-refractivity contribution in [3.05, 3.63) is 0 Å². The van der Waals surface area contributed by atoms with Crippen molar-refractivity contribution in [1.82, 2.24) is 10.2 Å². The molecule has 0 aromatic heterocycles. The van der Waals surface area contributed by atoms with Crippen molar-refractivity contribution in [3.8, 4) is 0 Å². The van der Waals surface area contributed by atoms with Gasteiger partial charge in [-0.15, -0.1) is 0 Å². The Morgan fingerprint density at radius 3 is 1.70 bits per heavy atom. The molecule has 1 amide bonds. The maximum absolute atomic E-state index is 11.1. The van der Waals surface area contributed by atoms with Gasteiger partial charge in [0, 0.05) is 24.0 Å². The largest absolute Gasteiger partial charge is 0.394 e. The molecule has 0 spiro atoms. The topological polar surface area (TPSA) is 107 Å². The molecule has 1 saturated heterocycles. The number of nitrogens with zero attached hydrogens (tertiary/aromatic N) is 1. The molecule has 0 aromatic carbocycles. The molecule has 1 rings (SSSR count). The van der Waals surface area contributed by atoms with Gasteiger partial charge in [0.1, 0.15) is 0 Å². The molecule has 120 valence electrons. The highest BCUT2D eigenvalue weighted by Crippen LogP contribution is 2.36. The summed E-state index contributed by atoms with van der Waals surface area (Å²) in [4.78, 5) is 13.5. The molecule has 7 nitrogen and oxygen atoms in total. The van der Waals surface area contributed by atoms with Gasteiger partial charge in [-0.3, -0.25) is 18.8 Å². The third-order valence-corrected chi connectivity index (χ3v) is 3.72. The number of nitrogens with one attached hydrogen (secondary N) is 1. The molecule has 20 heavy (non-hydrogen) atoms. The molecule has 8 heteroatoms. The van der Waals surface area contributed by atoms with Gasteiger partial charge in [0.2, 0.25) is 5.91 Å². The molecule has 3 N–H and O–H groups in total. The first-order valence-corrected chi connectivity index (χ1v) is 7.76. The van der Waals surface area contributed by atoms with E-state index in [1.807, 2.05) is 0 Å². The Morgan fingerprint density at radius 1 is 1.15 bits per heavy atom. The average molecular weight is 310 g/mol. The van der Waals surface area contributed by atoms with Crippen LogP contribution in [0.15, 0.2) is 0 Å². The van der Waals surface area contributed by atoms with Gasteiger partial charge in [0.05, 0.1) is 0 Å². The van der Waals surface area contributed by atoms with Gasteiger partial charge >= 0.3 is 10.4 Å². The van der Waals surface area contributed by atoms with Crippen LogP contribution in [0.5, 0.6) is 0 Å². The van der Waals surface area contributed by atoms with E-state index >= 15 is 0 Å². The van der Waals surface area contributed by atoms with Crippen LogP contribution in [0.1, 0.15) is 47.5 Å². The molecule has 1 aliphatic rings. The van der Waals surface area contributed by atoms with E-state index in [1.165, 1.54) is 0 Å². The van der Waals surface area contributed by atoms with Crippen molar-refractivity contribution in [1.29, 1.82) is 0 Å². The average Bonchev–Trinajstić information content (AvgIpc) is 2.08. The Kier molecular flexibility index (Phi) is 6.16. The number of hydrogen-bond donors (Lipinski definition) is 3. The summed E-state index contributed by atoms with van der Waals surface area (Å²) < 4.78 is 31.6. The second-order valence-corrected chi connectivity index (χ2v) is 7.33. The highest BCUT2D eigenvalue weighted by molar-refractivity contribution is 7.79. The lowest BCUT2D eigenvalue weighted by molar-refractivity contribution is -0.121. The zero-order valence-corrected chi connectivity index (χ0v) is 13.8. The van der Waals surface area contributed by atoms with Gasteiger partial charge in [-0.2, -0.15) is 8.42 Å². The van der Waals surface area contributed by atoms with E-state index in [0.717, 1.165) is 12.8 Å². The van der Waals surface area contributed by atoms with Gasteiger partial charge < -0.3 is 5.32 Å². The summed E-state index contributed by atoms with van der Waals surface area (Å²) in [5.41, 5.74) is 0.295. The number of piperidine rings is 1. The lowest BCUT2D eigenvalue weighted by Gasteiger charge is -2.53. The predicted octanol–water partition coefficient (Wildman–Crippen LogP) is 1.12. The SMILES string of the molecule is CC(=O)NC1CC(C)(C)N(C)C(C)(C)C1.O=S(=O)(O)O. The van der Waals surface area contributed by atoms with Gasteiger partial charge in [0.15, 0.2) is 0 Å². The number of carbonyl (C=O) groups excluding carboxylic acids is 1. The minimum atomic E-state index is -4.67. The molecular weight excluding hydrogens is 284 g/mol. The summed E-state index contributed by atoms with van der Waals surface area (Å²) in [5, 5.41) is 3.05. The Morgan fingerprint density at radius 2 is 1.45 bits per heavy atom. The van der Waals surface area contributed by atoms with Crippen molar-refractivity contribution in [2.45, 2.75) is 64.6 Å². The van der Waals surface area contributed by atoms with Crippen LogP contribution >= 0.6 is 0 Å². The molecule has 0 bridgehead atoms. The minimum Gasteiger partial charge on any atom is -0.353 e. The van der Waals surface area contributed by atoms with Crippen molar-refractivity contribution >= 4 is 16.3 Å². The van der Waals surface area contributed by atoms with Crippen LogP contribution in [-0.4, -0.2) is 52.5 Å². The van der Waals surface area contributed by atoms with Crippen molar-refractivity contribution < 1.29 is 22.3 Å². The van der Waals surface area contributed by atoms with Crippen molar-refractivity contribution in [3.63, 3.8) is 0 Å². The maximum atomic E-state index is 11.1. The monoisotopic (exact) mass is 310 g/mol. The summed E-state index contributed by atoms with van der Waals surface area (Å²) in [7, 11) is -2.50. The fraction of sp³-hybridized carbons (Fsp3) is 0.917. The third kappa shape index (κ3) is 7.18. The first-order chi connectivity index (χ1) is 8.65. The van der Waals surface area contributed by atoms with Crippen LogP contribution < -0.4 is 5.32 Å². The van der Waals surface area contributed by atoms with E-state index in [1.54, 1.807) is 6.92 Å². The van der Waals surface area contributed by atoms with E-state index in [2.05, 4.69) is 45.0 Å². The molecule has 0 unspecified atom stereocenters. The molecular formula is C12H26N2O5S. The number of rotatable bonds is 1. The molecule has 1 heterocycles. The highest BCUT2D eigenvalue weighted by Gasteiger charge is 2.43. The number of likely N-dealkylation sites (tertiary alicyclic amines) is 1. The molecule has 0 saturated carbocycles. The summed E-state index contributed by atoms with van der Waals surface area (Å²) in [5.74, 6) is 0.0798. The van der Waals surface area contributed by atoms with Gasteiger partial charge in [-0.1, -0.05) is 0 Å². The lowest BCUT2D eigenvalue weighted by Crippen LogP contribution is -2.62. The number of carbonyl (C=O) groups is 1. The van der Waals surface area contributed by atoms with E-state index < -0.39 is 10.4 Å². The fourth-order valence-corrected chi connectivity index (χ4v) is 2.76. The van der Waals surface area contributed by atoms with Gasteiger partial charge in [-0.25, -0.2) is 0 Å². The maximum Gasteiger partial charge on any atom is 0.394 e. The lowest BCUT2D eigenvalue weighted by atomic mass is 9.77. The van der Waals surface area contributed by atoms with Crippen LogP contribution in [-0.2, 0) is 15.2 Å². The van der Waals surface area contributed by atoms with Crippen LogP contribution in [0.2, 0.25) is 0 Å². The Bertz CT molecular complexity index is 419. The zero-order valence-electron chi connectivity index (χ0n) is 13.0. The predicted molar refractivity (Wildman–Crippen MR) is 76.9 cm³/mol. The first-order valence-electron chi connectivity index (χ1n) is 6.36. The molecule has 0 aromatic rings. The first kappa shape index (κ1) is 19.3. The smallest absolute Gasteiger partial charge is 0.353 e. The Labute approximate surface area is 121 Å². The standard InChI is InChI=1S/C12H24N2O.H2O4S/c1-9(15)13-10-7-11(2,3)14(6)12(4,5)8-10;1-5(2,3)4/h10H,7-8H2,1-6H3,(H,13,15);(H2,1,2,3,4). The molecule has 1 fully saturated rings. The molecule has 0 aliphatic carbocycles. The van der Waals surface area contributed by atoms with Gasteiger partial charge in [-0.05, 0) is 47.6 Å². The van der Waals surface area contributed by atoms with Gasteiger partial charge in [0.25, 0.3) is 0 Å². The molecule has 1 aliphatic heterocycles. The van der Waals surface area contributed by atoms with E-state index in [0.29, 0.717) is 6.04 Å². The summed E-state index contributed by atoms with van der Waals surface area (Å²) in [6.45, 7) is 10.6. The van der Waals surface area contributed by atoms with Crippen LogP contribution in [0.3, 0.4) is 0 Å². The number of amides is 1. The minimum absolute atomic E-state index is 0.0798. The van der Waals surface area contributed by atoms with Crippen LogP contribution in [0, 0.1) is 0 Å². The third-order valence-electron chi connectivity index (χ3n) is 3.72. The van der Waals surface area contributed by atoms with Crippen LogP contribution in [0.25, 0.3) is 0 Å². The Balaban J connectivity index is 0.000000621. The second kappa shape index (κ2) is 6.38. The van der Waals surface area contributed by atoms with E-state index in [4.69, 9.17) is 17.5 Å². The summed E-state index contributed by atoms with van der Waals surface area (Å²) in [6, 6.07) is 0.309. The fourth-order valence-electron chi connectivity index (χ4n) is 2.76.